The van der Waals surface area contributed by atoms with Crippen molar-refractivity contribution in [2.24, 2.45) is 5.92 Å². The third-order valence-electron chi connectivity index (χ3n) is 2.41. The summed E-state index contributed by atoms with van der Waals surface area (Å²) < 4.78 is 5.54. The summed E-state index contributed by atoms with van der Waals surface area (Å²) in [4.78, 5) is 25.0. The molecule has 0 saturated carbocycles. The van der Waals surface area contributed by atoms with Crippen LogP contribution in [0.15, 0.2) is 15.9 Å². The van der Waals surface area contributed by atoms with Gasteiger partial charge in [0.2, 0.25) is 5.91 Å². The number of carbonyl (C=O) groups is 2. The highest BCUT2D eigenvalue weighted by Crippen LogP contribution is 2.28. The van der Waals surface area contributed by atoms with Crippen LogP contribution in [-0.4, -0.2) is 26.0 Å². The van der Waals surface area contributed by atoms with Crippen LogP contribution in [0.3, 0.4) is 0 Å². The van der Waals surface area contributed by atoms with Crippen molar-refractivity contribution in [1.82, 2.24) is 0 Å². The van der Waals surface area contributed by atoms with Gasteiger partial charge in [0.15, 0.2) is 0 Å². The average molecular weight is 320 g/mol. The second-order valence-corrected chi connectivity index (χ2v) is 5.29. The summed E-state index contributed by atoms with van der Waals surface area (Å²) in [6.07, 6.45) is 0.433. The normalized spacial score (nSPS) is 12.0. The van der Waals surface area contributed by atoms with Crippen molar-refractivity contribution in [1.29, 1.82) is 0 Å². The number of amides is 1. The van der Waals surface area contributed by atoms with Crippen molar-refractivity contribution in [2.45, 2.75) is 13.3 Å². The van der Waals surface area contributed by atoms with E-state index in [1.165, 1.54) is 23.3 Å². The molecule has 0 radical (unpaired) electrons. The van der Waals surface area contributed by atoms with E-state index in [1.54, 1.807) is 14.0 Å². The van der Waals surface area contributed by atoms with Crippen LogP contribution in [0.2, 0.25) is 0 Å². The number of hydrogen-bond acceptors (Lipinski definition) is 4. The molecule has 0 fully saturated rings. The van der Waals surface area contributed by atoms with Gasteiger partial charge in [-0.15, -0.1) is 11.3 Å². The zero-order valence-electron chi connectivity index (χ0n) is 9.90. The molecular weight excluding hydrogens is 306 g/mol. The maximum atomic E-state index is 12.1. The van der Waals surface area contributed by atoms with Crippen LogP contribution in [0.5, 0.6) is 0 Å². The lowest BCUT2D eigenvalue weighted by molar-refractivity contribution is -0.149. The largest absolute Gasteiger partial charge is 0.468 e. The highest BCUT2D eigenvalue weighted by Gasteiger charge is 2.29. The van der Waals surface area contributed by atoms with Gasteiger partial charge in [0.05, 0.1) is 12.1 Å². The van der Waals surface area contributed by atoms with Gasteiger partial charge >= 0.3 is 5.97 Å². The van der Waals surface area contributed by atoms with Crippen molar-refractivity contribution < 1.29 is 14.3 Å². The zero-order chi connectivity index (χ0) is 13.0. The van der Waals surface area contributed by atoms with E-state index in [-0.39, 0.29) is 5.91 Å². The van der Waals surface area contributed by atoms with Crippen LogP contribution in [0.1, 0.15) is 13.3 Å². The summed E-state index contributed by atoms with van der Waals surface area (Å²) in [6.45, 7) is 1.79. The molecule has 0 saturated heterocycles. The molecule has 1 aromatic rings. The SMILES string of the molecule is CCC(C(=O)OC)C(=O)N(C)c1cc(Br)cs1. The Hall–Kier alpha value is -0.880. The Labute approximate surface area is 113 Å². The van der Waals surface area contributed by atoms with Gasteiger partial charge in [-0.3, -0.25) is 9.59 Å². The summed E-state index contributed by atoms with van der Waals surface area (Å²) in [5.41, 5.74) is 0. The molecule has 0 N–H and O–H groups in total. The molecule has 0 aliphatic rings. The van der Waals surface area contributed by atoms with Gasteiger partial charge in [-0.1, -0.05) is 6.92 Å². The second-order valence-electron chi connectivity index (χ2n) is 3.48. The number of rotatable bonds is 4. The lowest BCUT2D eigenvalue weighted by atomic mass is 10.1. The molecule has 1 aromatic heterocycles. The fraction of sp³-hybridized carbons (Fsp3) is 0.455. The fourth-order valence-electron chi connectivity index (χ4n) is 1.41. The molecular formula is C11H14BrNO3S. The monoisotopic (exact) mass is 319 g/mol. The lowest BCUT2D eigenvalue weighted by Crippen LogP contribution is -2.36. The smallest absolute Gasteiger partial charge is 0.318 e. The van der Waals surface area contributed by atoms with Crippen molar-refractivity contribution in [3.05, 3.63) is 15.9 Å². The molecule has 4 nitrogen and oxygen atoms in total. The molecule has 1 heterocycles. The first kappa shape index (κ1) is 14.2. The molecule has 1 rings (SSSR count). The van der Waals surface area contributed by atoms with Crippen LogP contribution in [0.25, 0.3) is 0 Å². The molecule has 0 aromatic carbocycles. The molecule has 17 heavy (non-hydrogen) atoms. The molecule has 0 aliphatic heterocycles. The van der Waals surface area contributed by atoms with E-state index >= 15 is 0 Å². The third kappa shape index (κ3) is 3.29. The maximum Gasteiger partial charge on any atom is 0.318 e. The Kier molecular flexibility index (Phi) is 5.14. The Morgan fingerprint density at radius 3 is 2.65 bits per heavy atom. The minimum Gasteiger partial charge on any atom is -0.468 e. The quantitative estimate of drug-likeness (QED) is 0.633. The summed E-state index contributed by atoms with van der Waals surface area (Å²) in [7, 11) is 2.95. The van der Waals surface area contributed by atoms with Crippen LogP contribution >= 0.6 is 27.3 Å². The van der Waals surface area contributed by atoms with E-state index in [4.69, 9.17) is 0 Å². The number of methoxy groups -OCH3 is 1. The van der Waals surface area contributed by atoms with E-state index in [1.807, 2.05) is 11.4 Å². The van der Waals surface area contributed by atoms with Gasteiger partial charge in [-0.2, -0.15) is 0 Å². The molecule has 0 spiro atoms. The van der Waals surface area contributed by atoms with Gasteiger partial charge < -0.3 is 9.64 Å². The minimum atomic E-state index is -0.731. The molecule has 1 unspecified atom stereocenters. The number of esters is 1. The van der Waals surface area contributed by atoms with Crippen molar-refractivity contribution in [3.8, 4) is 0 Å². The predicted octanol–water partition coefficient (Wildman–Crippen LogP) is 2.67. The number of carbonyl (C=O) groups excluding carboxylic acids is 2. The van der Waals surface area contributed by atoms with Crippen LogP contribution in [-0.2, 0) is 14.3 Å². The summed E-state index contributed by atoms with van der Waals surface area (Å²) in [5.74, 6) is -1.46. The van der Waals surface area contributed by atoms with Gasteiger partial charge in [0, 0.05) is 16.9 Å². The van der Waals surface area contributed by atoms with E-state index in [0.29, 0.717) is 6.42 Å². The molecule has 1 atom stereocenters. The van der Waals surface area contributed by atoms with Gasteiger partial charge in [0.25, 0.3) is 0 Å². The Morgan fingerprint density at radius 2 is 2.24 bits per heavy atom. The number of thiophene rings is 1. The molecule has 0 bridgehead atoms. The topological polar surface area (TPSA) is 46.6 Å². The summed E-state index contributed by atoms with van der Waals surface area (Å²) in [6, 6.07) is 1.84. The van der Waals surface area contributed by atoms with E-state index < -0.39 is 11.9 Å². The van der Waals surface area contributed by atoms with E-state index in [2.05, 4.69) is 20.7 Å². The number of anilines is 1. The first-order valence-electron chi connectivity index (χ1n) is 5.10. The van der Waals surface area contributed by atoms with E-state index in [0.717, 1.165) is 9.47 Å². The Bertz CT molecular complexity index is 419. The van der Waals surface area contributed by atoms with Crippen molar-refractivity contribution in [2.75, 3.05) is 19.1 Å². The Morgan fingerprint density at radius 1 is 1.59 bits per heavy atom. The van der Waals surface area contributed by atoms with Gasteiger partial charge in [-0.25, -0.2) is 0 Å². The van der Waals surface area contributed by atoms with Gasteiger partial charge in [-0.05, 0) is 28.4 Å². The van der Waals surface area contributed by atoms with Crippen molar-refractivity contribution >= 4 is 44.1 Å². The number of halogens is 1. The fourth-order valence-corrected chi connectivity index (χ4v) is 2.80. The molecule has 1 amide bonds. The highest BCUT2D eigenvalue weighted by atomic mass is 79.9. The first-order valence-corrected chi connectivity index (χ1v) is 6.78. The molecule has 94 valence electrons. The second kappa shape index (κ2) is 6.16. The third-order valence-corrected chi connectivity index (χ3v) is 4.17. The number of hydrogen-bond donors (Lipinski definition) is 0. The summed E-state index contributed by atoms with van der Waals surface area (Å²) in [5, 5.41) is 2.68. The lowest BCUT2D eigenvalue weighted by Gasteiger charge is -2.19. The predicted molar refractivity (Wildman–Crippen MR) is 71.2 cm³/mol. The van der Waals surface area contributed by atoms with Crippen LogP contribution in [0.4, 0.5) is 5.00 Å². The van der Waals surface area contributed by atoms with E-state index in [9.17, 15) is 9.59 Å². The van der Waals surface area contributed by atoms with Crippen LogP contribution in [0, 0.1) is 5.92 Å². The van der Waals surface area contributed by atoms with Crippen LogP contribution < -0.4 is 4.90 Å². The average Bonchev–Trinajstić information content (AvgIpc) is 2.75. The zero-order valence-corrected chi connectivity index (χ0v) is 12.3. The standard InChI is InChI=1S/C11H14BrNO3S/c1-4-8(11(15)16-3)10(14)13(2)9-5-7(12)6-17-9/h5-6,8H,4H2,1-3H3. The number of ether oxygens (including phenoxy) is 1. The molecule has 6 heteroatoms. The Balaban J connectivity index is 2.84. The van der Waals surface area contributed by atoms with Crippen molar-refractivity contribution in [3.63, 3.8) is 0 Å². The molecule has 0 aliphatic carbocycles. The number of nitrogens with zero attached hydrogens (tertiary/aromatic N) is 1. The maximum absolute atomic E-state index is 12.1. The highest BCUT2D eigenvalue weighted by molar-refractivity contribution is 9.10. The minimum absolute atomic E-state index is 0.242. The first-order chi connectivity index (χ1) is 8.01. The summed E-state index contributed by atoms with van der Waals surface area (Å²) >= 11 is 4.77. The van der Waals surface area contributed by atoms with Gasteiger partial charge in [0.1, 0.15) is 5.92 Å².